The molecule has 9 nitrogen and oxygen atoms in total. The van der Waals surface area contributed by atoms with Crippen LogP contribution in [0.1, 0.15) is 24.2 Å². The highest BCUT2D eigenvalue weighted by atomic mass is 16.5. The number of rotatable bonds is 10. The van der Waals surface area contributed by atoms with E-state index in [0.29, 0.717) is 30.4 Å². The second kappa shape index (κ2) is 11.0. The van der Waals surface area contributed by atoms with E-state index in [1.165, 1.54) is 12.0 Å². The summed E-state index contributed by atoms with van der Waals surface area (Å²) in [5.41, 5.74) is 1.56. The molecule has 0 radical (unpaired) electrons. The van der Waals surface area contributed by atoms with Crippen molar-refractivity contribution in [3.8, 4) is 0 Å². The highest BCUT2D eigenvalue weighted by molar-refractivity contribution is 6.01. The molecule has 3 amide bonds. The van der Waals surface area contributed by atoms with Crippen molar-refractivity contribution in [2.24, 2.45) is 0 Å². The highest BCUT2D eigenvalue weighted by Gasteiger charge is 2.23. The summed E-state index contributed by atoms with van der Waals surface area (Å²) in [4.78, 5) is 38.0. The Morgan fingerprint density at radius 3 is 2.52 bits per heavy atom. The van der Waals surface area contributed by atoms with Gasteiger partial charge < -0.3 is 19.9 Å². The lowest BCUT2D eigenvalue weighted by molar-refractivity contribution is -0.127. The molecule has 0 atom stereocenters. The van der Waals surface area contributed by atoms with Gasteiger partial charge in [0.1, 0.15) is 5.76 Å². The van der Waals surface area contributed by atoms with Crippen LogP contribution >= 0.6 is 0 Å². The lowest BCUT2D eigenvalue weighted by atomic mass is 10.1. The topological polar surface area (TPSA) is 114 Å². The summed E-state index contributed by atoms with van der Waals surface area (Å²) in [5.74, 6) is -0.0710. The van der Waals surface area contributed by atoms with Crippen molar-refractivity contribution >= 4 is 29.2 Å². The summed E-state index contributed by atoms with van der Waals surface area (Å²) in [6, 6.07) is 9.05. The molecule has 1 heterocycles. The fourth-order valence-corrected chi connectivity index (χ4v) is 2.61. The first-order chi connectivity index (χ1) is 13.9. The van der Waals surface area contributed by atoms with E-state index in [9.17, 15) is 14.4 Å². The van der Waals surface area contributed by atoms with E-state index in [2.05, 4.69) is 15.8 Å². The first kappa shape index (κ1) is 22.1. The van der Waals surface area contributed by atoms with Crippen molar-refractivity contribution in [2.45, 2.75) is 26.7 Å². The molecule has 29 heavy (non-hydrogen) atoms. The number of para-hydroxylation sites is 1. The van der Waals surface area contributed by atoms with Gasteiger partial charge in [-0.1, -0.05) is 23.4 Å². The number of amides is 3. The van der Waals surface area contributed by atoms with Gasteiger partial charge in [-0.05, 0) is 25.5 Å². The molecular weight excluding hydrogens is 376 g/mol. The normalized spacial score (nSPS) is 10.4. The van der Waals surface area contributed by atoms with Crippen LogP contribution in [-0.4, -0.2) is 49.7 Å². The number of hydrogen-bond acceptors (Lipinski definition) is 6. The van der Waals surface area contributed by atoms with E-state index >= 15 is 0 Å². The number of carbonyl (C=O) groups is 3. The maximum Gasteiger partial charge on any atom is 0.239 e. The third-order valence-corrected chi connectivity index (χ3v) is 4.09. The summed E-state index contributed by atoms with van der Waals surface area (Å²) in [5, 5.41) is 9.05. The Morgan fingerprint density at radius 1 is 1.10 bits per heavy atom. The lowest BCUT2D eigenvalue weighted by Gasteiger charge is -2.21. The number of carbonyl (C=O) groups excluding carboxylic acids is 3. The van der Waals surface area contributed by atoms with Crippen LogP contribution < -0.4 is 15.5 Å². The van der Waals surface area contributed by atoms with E-state index in [1.54, 1.807) is 13.0 Å². The third-order valence-electron chi connectivity index (χ3n) is 4.09. The molecule has 0 aliphatic heterocycles. The van der Waals surface area contributed by atoms with Crippen molar-refractivity contribution in [3.63, 3.8) is 0 Å². The predicted octanol–water partition coefficient (Wildman–Crippen LogP) is 1.62. The molecule has 1 aromatic heterocycles. The molecule has 0 bridgehead atoms. The number of benzene rings is 1. The molecule has 0 aliphatic rings. The van der Waals surface area contributed by atoms with Crippen LogP contribution in [0.25, 0.3) is 0 Å². The van der Waals surface area contributed by atoms with Gasteiger partial charge in [-0.2, -0.15) is 0 Å². The molecule has 2 aromatic rings. The lowest BCUT2D eigenvalue weighted by Crippen LogP contribution is -2.38. The fourth-order valence-electron chi connectivity index (χ4n) is 2.61. The zero-order chi connectivity index (χ0) is 21.2. The molecule has 0 saturated heterocycles. The van der Waals surface area contributed by atoms with Crippen molar-refractivity contribution in [1.29, 1.82) is 0 Å². The quantitative estimate of drug-likeness (QED) is 0.584. The third kappa shape index (κ3) is 6.72. The van der Waals surface area contributed by atoms with E-state index in [4.69, 9.17) is 9.26 Å². The second-order valence-corrected chi connectivity index (χ2v) is 6.43. The molecule has 2 rings (SSSR count). The number of anilines is 2. The zero-order valence-electron chi connectivity index (χ0n) is 16.9. The Bertz CT molecular complexity index is 849. The largest absolute Gasteiger partial charge is 0.383 e. The minimum absolute atomic E-state index is 0.0443. The maximum absolute atomic E-state index is 12.9. The highest BCUT2D eigenvalue weighted by Crippen LogP contribution is 2.28. The molecular formula is C20H26N4O5. The van der Waals surface area contributed by atoms with Crippen LogP contribution in [0.5, 0.6) is 0 Å². The smallest absolute Gasteiger partial charge is 0.239 e. The minimum atomic E-state index is -0.388. The molecule has 0 spiro atoms. The van der Waals surface area contributed by atoms with Crippen LogP contribution in [0.3, 0.4) is 0 Å². The Labute approximate surface area is 169 Å². The Morgan fingerprint density at radius 2 is 1.86 bits per heavy atom. The monoisotopic (exact) mass is 402 g/mol. The standard InChI is InChI=1S/C20H26N4O5/c1-14-6-4-5-7-16(14)24(17-12-15(2)29-23-17)20(27)9-8-18(25)22-13-19(26)21-10-11-28-3/h4-7,12H,8-11,13H2,1-3H3,(H,21,26)(H,22,25). The van der Waals surface area contributed by atoms with Gasteiger partial charge in [0, 0.05) is 32.6 Å². The summed E-state index contributed by atoms with van der Waals surface area (Å²) in [6.45, 7) is 4.23. The van der Waals surface area contributed by atoms with Crippen LogP contribution in [0.4, 0.5) is 11.5 Å². The molecule has 2 N–H and O–H groups in total. The maximum atomic E-state index is 12.9. The molecule has 0 aliphatic carbocycles. The van der Waals surface area contributed by atoms with Gasteiger partial charge in [0.2, 0.25) is 17.7 Å². The zero-order valence-corrected chi connectivity index (χ0v) is 16.9. The molecule has 1 aromatic carbocycles. The van der Waals surface area contributed by atoms with Gasteiger partial charge in [0.25, 0.3) is 0 Å². The number of aryl methyl sites for hydroxylation is 2. The number of ether oxygens (including phenoxy) is 1. The number of aromatic nitrogens is 1. The molecule has 0 unspecified atom stereocenters. The van der Waals surface area contributed by atoms with Crippen molar-refractivity contribution in [2.75, 3.05) is 31.7 Å². The first-order valence-corrected chi connectivity index (χ1v) is 9.26. The molecule has 0 fully saturated rings. The molecule has 9 heteroatoms. The van der Waals surface area contributed by atoms with Gasteiger partial charge in [-0.25, -0.2) is 0 Å². The number of hydrogen-bond donors (Lipinski definition) is 2. The minimum Gasteiger partial charge on any atom is -0.383 e. The average molecular weight is 402 g/mol. The Balaban J connectivity index is 1.96. The Kier molecular flexibility index (Phi) is 8.35. The van der Waals surface area contributed by atoms with E-state index in [-0.39, 0.29) is 37.1 Å². The van der Waals surface area contributed by atoms with Crippen LogP contribution in [0.15, 0.2) is 34.9 Å². The van der Waals surface area contributed by atoms with Gasteiger partial charge in [-0.3, -0.25) is 19.3 Å². The van der Waals surface area contributed by atoms with E-state index in [0.717, 1.165) is 5.56 Å². The number of nitrogens with zero attached hydrogens (tertiary/aromatic N) is 2. The van der Waals surface area contributed by atoms with Crippen molar-refractivity contribution in [3.05, 3.63) is 41.7 Å². The number of methoxy groups -OCH3 is 1. The second-order valence-electron chi connectivity index (χ2n) is 6.43. The van der Waals surface area contributed by atoms with Crippen LogP contribution in [0.2, 0.25) is 0 Å². The summed E-state index contributed by atoms with van der Waals surface area (Å²) < 4.78 is 9.94. The first-order valence-electron chi connectivity index (χ1n) is 9.26. The summed E-state index contributed by atoms with van der Waals surface area (Å²) >= 11 is 0. The summed E-state index contributed by atoms with van der Waals surface area (Å²) in [6.07, 6.45) is -0.0965. The van der Waals surface area contributed by atoms with Crippen molar-refractivity contribution < 1.29 is 23.6 Å². The van der Waals surface area contributed by atoms with Crippen molar-refractivity contribution in [1.82, 2.24) is 15.8 Å². The van der Waals surface area contributed by atoms with E-state index in [1.807, 2.05) is 31.2 Å². The van der Waals surface area contributed by atoms with Crippen LogP contribution in [0, 0.1) is 13.8 Å². The van der Waals surface area contributed by atoms with E-state index < -0.39 is 0 Å². The van der Waals surface area contributed by atoms with Gasteiger partial charge in [-0.15, -0.1) is 0 Å². The SMILES string of the molecule is COCCNC(=O)CNC(=O)CCC(=O)N(c1cc(C)on1)c1ccccc1C. The van der Waals surface area contributed by atoms with Gasteiger partial charge in [0.15, 0.2) is 5.82 Å². The van der Waals surface area contributed by atoms with Gasteiger partial charge >= 0.3 is 0 Å². The molecule has 0 saturated carbocycles. The summed E-state index contributed by atoms with van der Waals surface area (Å²) in [7, 11) is 1.53. The van der Waals surface area contributed by atoms with Crippen LogP contribution in [-0.2, 0) is 19.1 Å². The Hall–Kier alpha value is -3.20. The molecule has 156 valence electrons. The van der Waals surface area contributed by atoms with Gasteiger partial charge in [0.05, 0.1) is 18.8 Å². The predicted molar refractivity (Wildman–Crippen MR) is 107 cm³/mol. The fraction of sp³-hybridized carbons (Fsp3) is 0.400. The number of nitrogens with one attached hydrogen (secondary N) is 2. The average Bonchev–Trinajstić information content (AvgIpc) is 3.12.